The number of fused-ring (bicyclic) bond motifs is 3. The van der Waals surface area contributed by atoms with Crippen LogP contribution in [-0.2, 0) is 0 Å². The van der Waals surface area contributed by atoms with Crippen molar-refractivity contribution in [3.63, 3.8) is 0 Å². The van der Waals surface area contributed by atoms with E-state index >= 15 is 0 Å². The third-order valence-corrected chi connectivity index (χ3v) is 5.79. The smallest absolute Gasteiger partial charge is 0.301 e. The van der Waals surface area contributed by atoms with Crippen LogP contribution in [0.4, 0.5) is 0 Å². The number of hydrogen-bond acceptors (Lipinski definition) is 6. The lowest BCUT2D eigenvalue weighted by Crippen LogP contribution is -2.57. The van der Waals surface area contributed by atoms with Crippen LogP contribution in [0, 0.1) is 17.2 Å². The van der Waals surface area contributed by atoms with Gasteiger partial charge in [-0.2, -0.15) is 5.26 Å². The SMILES string of the molecule is N#Cc1ncc(Sc2ccc(C(=O)NC3CN4CCC3CC4)cc2)o1. The standard InChI is InChI=1S/C18H18N4O2S/c19-9-16-20-10-17(24-16)25-14-3-1-13(2-4-14)18(23)21-15-11-22-7-5-12(15)6-8-22/h1-4,10,12,15H,5-8,11H2,(H,21,23). The topological polar surface area (TPSA) is 82.2 Å². The van der Waals surface area contributed by atoms with E-state index < -0.39 is 0 Å². The third-order valence-electron chi connectivity index (χ3n) is 4.89. The highest BCUT2D eigenvalue weighted by molar-refractivity contribution is 7.99. The summed E-state index contributed by atoms with van der Waals surface area (Å²) in [6.45, 7) is 3.30. The molecule has 3 aliphatic rings. The van der Waals surface area contributed by atoms with Gasteiger partial charge in [-0.15, -0.1) is 0 Å². The van der Waals surface area contributed by atoms with Gasteiger partial charge >= 0.3 is 5.89 Å². The van der Waals surface area contributed by atoms with Gasteiger partial charge in [0, 0.05) is 23.0 Å². The normalized spacial score (nSPS) is 24.7. The average molecular weight is 354 g/mol. The van der Waals surface area contributed by atoms with Crippen molar-refractivity contribution in [2.24, 2.45) is 5.92 Å². The first-order chi connectivity index (χ1) is 12.2. The number of benzene rings is 1. The third kappa shape index (κ3) is 3.55. The molecule has 3 fully saturated rings. The van der Waals surface area contributed by atoms with Gasteiger partial charge in [-0.25, -0.2) is 4.98 Å². The number of nitrogens with one attached hydrogen (secondary N) is 1. The van der Waals surface area contributed by atoms with Gasteiger partial charge in [0.25, 0.3) is 5.91 Å². The fraction of sp³-hybridized carbons (Fsp3) is 0.389. The number of carbonyl (C=O) groups excluding carboxylic acids is 1. The molecule has 0 aliphatic carbocycles. The first kappa shape index (κ1) is 16.2. The molecule has 2 aromatic rings. The molecule has 1 unspecified atom stereocenters. The molecule has 5 rings (SSSR count). The molecule has 4 heterocycles. The summed E-state index contributed by atoms with van der Waals surface area (Å²) in [7, 11) is 0. The second-order valence-corrected chi connectivity index (χ2v) is 7.52. The molecule has 1 amide bonds. The molecule has 0 radical (unpaired) electrons. The van der Waals surface area contributed by atoms with E-state index in [1.165, 1.54) is 30.8 Å². The molecular weight excluding hydrogens is 336 g/mol. The van der Waals surface area contributed by atoms with Crippen LogP contribution in [0.1, 0.15) is 29.1 Å². The summed E-state index contributed by atoms with van der Waals surface area (Å²) in [4.78, 5) is 19.7. The van der Waals surface area contributed by atoms with Gasteiger partial charge in [-0.05, 0) is 56.1 Å². The lowest BCUT2D eigenvalue weighted by atomic mass is 9.84. The number of aromatic nitrogens is 1. The van der Waals surface area contributed by atoms with Crippen molar-refractivity contribution in [1.29, 1.82) is 5.26 Å². The minimum Gasteiger partial charge on any atom is -0.422 e. The number of rotatable bonds is 4. The highest BCUT2D eigenvalue weighted by atomic mass is 32.2. The molecule has 1 N–H and O–H groups in total. The quantitative estimate of drug-likeness (QED) is 0.908. The average Bonchev–Trinajstić information content (AvgIpc) is 3.11. The van der Waals surface area contributed by atoms with E-state index in [0.29, 0.717) is 16.6 Å². The van der Waals surface area contributed by atoms with Crippen LogP contribution in [0.5, 0.6) is 0 Å². The monoisotopic (exact) mass is 354 g/mol. The Hall–Kier alpha value is -2.30. The highest BCUT2D eigenvalue weighted by Gasteiger charge is 2.34. The van der Waals surface area contributed by atoms with Crippen LogP contribution in [0.2, 0.25) is 0 Å². The van der Waals surface area contributed by atoms with Crippen molar-refractivity contribution in [2.75, 3.05) is 19.6 Å². The van der Waals surface area contributed by atoms with Gasteiger partial charge in [0.15, 0.2) is 11.2 Å². The molecule has 1 atom stereocenters. The predicted octanol–water partition coefficient (Wildman–Crippen LogP) is 2.52. The first-order valence-electron chi connectivity index (χ1n) is 8.38. The maximum Gasteiger partial charge on any atom is 0.301 e. The van der Waals surface area contributed by atoms with Crippen molar-refractivity contribution < 1.29 is 9.21 Å². The molecule has 0 saturated carbocycles. The largest absolute Gasteiger partial charge is 0.422 e. The summed E-state index contributed by atoms with van der Waals surface area (Å²) >= 11 is 1.37. The van der Waals surface area contributed by atoms with E-state index in [9.17, 15) is 4.79 Å². The number of piperidine rings is 3. The van der Waals surface area contributed by atoms with E-state index in [2.05, 4.69) is 15.2 Å². The van der Waals surface area contributed by atoms with E-state index in [0.717, 1.165) is 24.5 Å². The predicted molar refractivity (Wildman–Crippen MR) is 92.2 cm³/mol. The van der Waals surface area contributed by atoms with E-state index in [-0.39, 0.29) is 17.8 Å². The Morgan fingerprint density at radius 1 is 1.32 bits per heavy atom. The van der Waals surface area contributed by atoms with Crippen molar-refractivity contribution in [2.45, 2.75) is 28.9 Å². The van der Waals surface area contributed by atoms with Crippen molar-refractivity contribution >= 4 is 17.7 Å². The maximum atomic E-state index is 12.5. The fourth-order valence-electron chi connectivity index (χ4n) is 3.53. The zero-order valence-electron chi connectivity index (χ0n) is 13.6. The summed E-state index contributed by atoms with van der Waals surface area (Å²) in [6, 6.07) is 9.53. The second-order valence-electron chi connectivity index (χ2n) is 6.44. The molecule has 1 aromatic heterocycles. The zero-order valence-corrected chi connectivity index (χ0v) is 14.5. The van der Waals surface area contributed by atoms with Crippen LogP contribution in [-0.4, -0.2) is 41.5 Å². The summed E-state index contributed by atoms with van der Waals surface area (Å²) in [5, 5.41) is 12.5. The second kappa shape index (κ2) is 6.90. The molecule has 7 heteroatoms. The molecule has 1 aromatic carbocycles. The van der Waals surface area contributed by atoms with Crippen molar-refractivity contribution in [1.82, 2.24) is 15.2 Å². The first-order valence-corrected chi connectivity index (χ1v) is 9.20. The summed E-state index contributed by atoms with van der Waals surface area (Å²) in [5.41, 5.74) is 0.663. The summed E-state index contributed by atoms with van der Waals surface area (Å²) < 4.78 is 5.25. The minimum absolute atomic E-state index is 0.0123. The van der Waals surface area contributed by atoms with E-state index in [1.54, 1.807) is 0 Å². The van der Waals surface area contributed by atoms with Crippen LogP contribution in [0.3, 0.4) is 0 Å². The lowest BCUT2D eigenvalue weighted by molar-refractivity contribution is 0.0620. The molecule has 3 saturated heterocycles. The molecule has 6 nitrogen and oxygen atoms in total. The van der Waals surface area contributed by atoms with Crippen molar-refractivity contribution in [3.8, 4) is 6.07 Å². The van der Waals surface area contributed by atoms with Crippen LogP contribution in [0.25, 0.3) is 0 Å². The number of carbonyl (C=O) groups is 1. The van der Waals surface area contributed by atoms with Crippen LogP contribution in [0.15, 0.2) is 44.9 Å². The van der Waals surface area contributed by atoms with Gasteiger partial charge in [-0.1, -0.05) is 11.8 Å². The zero-order chi connectivity index (χ0) is 17.2. The van der Waals surface area contributed by atoms with Gasteiger partial charge in [-0.3, -0.25) is 4.79 Å². The Bertz CT molecular complexity index is 803. The molecule has 3 aliphatic heterocycles. The molecular formula is C18H18N4O2S. The van der Waals surface area contributed by atoms with E-state index in [4.69, 9.17) is 9.68 Å². The van der Waals surface area contributed by atoms with Gasteiger partial charge < -0.3 is 14.6 Å². The number of hydrogen-bond donors (Lipinski definition) is 1. The Morgan fingerprint density at radius 3 is 2.68 bits per heavy atom. The van der Waals surface area contributed by atoms with Gasteiger partial charge in [0.05, 0.1) is 6.20 Å². The Balaban J connectivity index is 1.38. The van der Waals surface area contributed by atoms with Crippen molar-refractivity contribution in [3.05, 3.63) is 41.9 Å². The highest BCUT2D eigenvalue weighted by Crippen LogP contribution is 2.29. The number of nitrogens with zero attached hydrogens (tertiary/aromatic N) is 3. The fourth-order valence-corrected chi connectivity index (χ4v) is 4.26. The lowest BCUT2D eigenvalue weighted by Gasteiger charge is -2.44. The Kier molecular flexibility index (Phi) is 4.47. The maximum absolute atomic E-state index is 12.5. The number of amides is 1. The molecule has 0 spiro atoms. The summed E-state index contributed by atoms with van der Waals surface area (Å²) in [6.07, 6.45) is 3.89. The number of oxazole rings is 1. The van der Waals surface area contributed by atoms with Gasteiger partial charge in [0.2, 0.25) is 0 Å². The van der Waals surface area contributed by atoms with Crippen LogP contribution >= 0.6 is 11.8 Å². The molecule has 25 heavy (non-hydrogen) atoms. The Labute approximate surface area is 150 Å². The summed E-state index contributed by atoms with van der Waals surface area (Å²) in [5.74, 6) is 0.655. The van der Waals surface area contributed by atoms with E-state index in [1.807, 2.05) is 30.3 Å². The molecule has 2 bridgehead atoms. The number of nitriles is 1. The molecule has 128 valence electrons. The van der Waals surface area contributed by atoms with Gasteiger partial charge in [0.1, 0.15) is 0 Å². The Morgan fingerprint density at radius 2 is 2.08 bits per heavy atom. The van der Waals surface area contributed by atoms with Crippen LogP contribution < -0.4 is 5.32 Å². The minimum atomic E-state index is -0.0123.